The Kier molecular flexibility index (Phi) is 5.86. The monoisotopic (exact) mass is 277 g/mol. The van der Waals surface area contributed by atoms with Crippen molar-refractivity contribution in [3.63, 3.8) is 0 Å². The number of hydrogen-bond acceptors (Lipinski definition) is 3. The Morgan fingerprint density at radius 3 is 2.75 bits per heavy atom. The average Bonchev–Trinajstić information content (AvgIpc) is 2.59. The molecule has 3 heteroatoms. The van der Waals surface area contributed by atoms with Crippen LogP contribution in [0.5, 0.6) is 0 Å². The van der Waals surface area contributed by atoms with Crippen molar-refractivity contribution in [2.24, 2.45) is 11.8 Å². The minimum absolute atomic E-state index is 0.258. The summed E-state index contributed by atoms with van der Waals surface area (Å²) in [6.45, 7) is 8.15. The molecule has 0 aromatic carbocycles. The summed E-state index contributed by atoms with van der Waals surface area (Å²) in [5.41, 5.74) is 0. The lowest BCUT2D eigenvalue weighted by molar-refractivity contribution is 0.0677. The maximum atomic E-state index is 9.53. The second-order valence-electron chi connectivity index (χ2n) is 6.97. The maximum absolute atomic E-state index is 9.53. The van der Waals surface area contributed by atoms with E-state index in [0.29, 0.717) is 12.1 Å². The van der Waals surface area contributed by atoms with Crippen LogP contribution >= 0.6 is 0 Å². The van der Waals surface area contributed by atoms with E-state index in [2.05, 4.69) is 36.8 Å². The van der Waals surface area contributed by atoms with Crippen LogP contribution < -0.4 is 0 Å². The van der Waals surface area contributed by atoms with Crippen LogP contribution in [-0.4, -0.2) is 48.6 Å². The Bertz CT molecular complexity index is 336. The standard InChI is InChI=1S/C17H31N3/c1-4-6-15-7-8-16(12-18)17(11-15)20-10-5-9-19(3)13-14(20)2/h14-17H,4-11,13H2,1-3H3. The van der Waals surface area contributed by atoms with Gasteiger partial charge in [0.2, 0.25) is 0 Å². The zero-order valence-corrected chi connectivity index (χ0v) is 13.5. The van der Waals surface area contributed by atoms with Crippen molar-refractivity contribution in [1.29, 1.82) is 5.26 Å². The maximum Gasteiger partial charge on any atom is 0.0672 e. The number of likely N-dealkylation sites (N-methyl/N-ethyl adjacent to an activating group) is 1. The third-order valence-corrected chi connectivity index (χ3v) is 5.31. The summed E-state index contributed by atoms with van der Waals surface area (Å²) in [6, 6.07) is 3.70. The summed E-state index contributed by atoms with van der Waals surface area (Å²) < 4.78 is 0. The molecule has 3 nitrogen and oxygen atoms in total. The van der Waals surface area contributed by atoms with Gasteiger partial charge in [0.15, 0.2) is 0 Å². The summed E-state index contributed by atoms with van der Waals surface area (Å²) in [5.74, 6) is 1.11. The van der Waals surface area contributed by atoms with Crippen molar-refractivity contribution in [2.75, 3.05) is 26.7 Å². The van der Waals surface area contributed by atoms with Crippen LogP contribution in [0.4, 0.5) is 0 Å². The molecule has 1 saturated carbocycles. The van der Waals surface area contributed by atoms with E-state index in [9.17, 15) is 5.26 Å². The summed E-state index contributed by atoms with van der Waals surface area (Å²) in [7, 11) is 2.22. The average molecular weight is 277 g/mol. The van der Waals surface area contributed by atoms with Gasteiger partial charge in [-0.3, -0.25) is 4.90 Å². The van der Waals surface area contributed by atoms with Crippen LogP contribution in [0.25, 0.3) is 0 Å². The van der Waals surface area contributed by atoms with E-state index in [1.54, 1.807) is 0 Å². The van der Waals surface area contributed by atoms with Gasteiger partial charge in [-0.1, -0.05) is 19.8 Å². The fourth-order valence-corrected chi connectivity index (χ4v) is 4.30. The predicted molar refractivity (Wildman–Crippen MR) is 83.4 cm³/mol. The minimum Gasteiger partial charge on any atom is -0.305 e. The predicted octanol–water partition coefficient (Wildman–Crippen LogP) is 3.12. The van der Waals surface area contributed by atoms with Gasteiger partial charge in [0, 0.05) is 25.2 Å². The lowest BCUT2D eigenvalue weighted by Gasteiger charge is -2.42. The second kappa shape index (κ2) is 7.43. The van der Waals surface area contributed by atoms with E-state index < -0.39 is 0 Å². The van der Waals surface area contributed by atoms with E-state index in [1.807, 2.05) is 0 Å². The number of nitriles is 1. The van der Waals surface area contributed by atoms with E-state index >= 15 is 0 Å². The Morgan fingerprint density at radius 2 is 2.05 bits per heavy atom. The first-order valence-electron chi connectivity index (χ1n) is 8.49. The fourth-order valence-electron chi connectivity index (χ4n) is 4.30. The molecule has 0 aromatic heterocycles. The summed E-state index contributed by atoms with van der Waals surface area (Å²) in [6.07, 6.45) is 7.51. The van der Waals surface area contributed by atoms with Gasteiger partial charge in [0.25, 0.3) is 0 Å². The quantitative estimate of drug-likeness (QED) is 0.794. The van der Waals surface area contributed by atoms with Gasteiger partial charge in [-0.05, 0) is 52.1 Å². The first-order chi connectivity index (χ1) is 9.65. The third-order valence-electron chi connectivity index (χ3n) is 5.31. The zero-order chi connectivity index (χ0) is 14.5. The summed E-state index contributed by atoms with van der Waals surface area (Å²) in [4.78, 5) is 5.11. The van der Waals surface area contributed by atoms with Crippen LogP contribution in [0.15, 0.2) is 0 Å². The molecule has 4 unspecified atom stereocenters. The highest BCUT2D eigenvalue weighted by atomic mass is 15.2. The Labute approximate surface area is 124 Å². The van der Waals surface area contributed by atoms with Crippen molar-refractivity contribution < 1.29 is 0 Å². The van der Waals surface area contributed by atoms with Gasteiger partial charge < -0.3 is 4.90 Å². The third kappa shape index (κ3) is 3.74. The van der Waals surface area contributed by atoms with E-state index in [4.69, 9.17) is 0 Å². The Balaban J connectivity index is 2.07. The summed E-state index contributed by atoms with van der Waals surface area (Å²) in [5, 5.41) is 9.53. The van der Waals surface area contributed by atoms with E-state index in [0.717, 1.165) is 18.9 Å². The van der Waals surface area contributed by atoms with Crippen LogP contribution in [0.3, 0.4) is 0 Å². The number of hydrogen-bond donors (Lipinski definition) is 0. The van der Waals surface area contributed by atoms with Gasteiger partial charge in [-0.25, -0.2) is 0 Å². The molecule has 0 bridgehead atoms. The van der Waals surface area contributed by atoms with E-state index in [1.165, 1.54) is 45.2 Å². The molecule has 1 saturated heterocycles. The van der Waals surface area contributed by atoms with E-state index in [-0.39, 0.29) is 5.92 Å². The van der Waals surface area contributed by atoms with Gasteiger partial charge in [-0.15, -0.1) is 0 Å². The number of nitrogens with zero attached hydrogens (tertiary/aromatic N) is 3. The van der Waals surface area contributed by atoms with Crippen molar-refractivity contribution in [1.82, 2.24) is 9.80 Å². The molecule has 114 valence electrons. The molecular weight excluding hydrogens is 246 g/mol. The molecule has 1 aliphatic carbocycles. The lowest BCUT2D eigenvalue weighted by Crippen LogP contribution is -2.50. The fraction of sp³-hybridized carbons (Fsp3) is 0.941. The Morgan fingerprint density at radius 1 is 1.25 bits per heavy atom. The molecule has 0 N–H and O–H groups in total. The molecule has 1 aliphatic heterocycles. The molecule has 1 heterocycles. The Hall–Kier alpha value is -0.590. The normalized spacial score (nSPS) is 37.3. The van der Waals surface area contributed by atoms with Crippen molar-refractivity contribution >= 4 is 0 Å². The van der Waals surface area contributed by atoms with Crippen LogP contribution in [0, 0.1) is 23.2 Å². The summed E-state index contributed by atoms with van der Waals surface area (Å²) >= 11 is 0. The lowest BCUT2D eigenvalue weighted by atomic mass is 9.76. The minimum atomic E-state index is 0.258. The highest BCUT2D eigenvalue weighted by Crippen LogP contribution is 2.35. The number of rotatable bonds is 3. The SMILES string of the molecule is CCCC1CCC(C#N)C(N2CCCN(C)CC2C)C1. The molecule has 0 aromatic rings. The molecule has 2 fully saturated rings. The largest absolute Gasteiger partial charge is 0.305 e. The first kappa shape index (κ1) is 15.8. The van der Waals surface area contributed by atoms with Crippen molar-refractivity contribution in [3.05, 3.63) is 0 Å². The smallest absolute Gasteiger partial charge is 0.0672 e. The molecule has 2 aliphatic rings. The van der Waals surface area contributed by atoms with Gasteiger partial charge >= 0.3 is 0 Å². The van der Waals surface area contributed by atoms with Crippen LogP contribution in [0.1, 0.15) is 52.4 Å². The van der Waals surface area contributed by atoms with Crippen molar-refractivity contribution in [3.8, 4) is 6.07 Å². The molecular formula is C17H31N3. The zero-order valence-electron chi connectivity index (χ0n) is 13.5. The van der Waals surface area contributed by atoms with Gasteiger partial charge in [-0.2, -0.15) is 5.26 Å². The van der Waals surface area contributed by atoms with Gasteiger partial charge in [0.1, 0.15) is 0 Å². The molecule has 0 radical (unpaired) electrons. The highest BCUT2D eigenvalue weighted by Gasteiger charge is 2.36. The molecule has 2 rings (SSSR count). The molecule has 4 atom stereocenters. The van der Waals surface area contributed by atoms with Crippen LogP contribution in [0.2, 0.25) is 0 Å². The first-order valence-corrected chi connectivity index (χ1v) is 8.49. The topological polar surface area (TPSA) is 30.3 Å². The second-order valence-corrected chi connectivity index (χ2v) is 6.97. The highest BCUT2D eigenvalue weighted by molar-refractivity contribution is 4.99. The van der Waals surface area contributed by atoms with Gasteiger partial charge in [0.05, 0.1) is 12.0 Å². The van der Waals surface area contributed by atoms with Crippen molar-refractivity contribution in [2.45, 2.75) is 64.5 Å². The molecule has 0 spiro atoms. The van der Waals surface area contributed by atoms with Crippen LogP contribution in [-0.2, 0) is 0 Å². The molecule has 0 amide bonds. The molecule has 20 heavy (non-hydrogen) atoms.